The maximum absolute atomic E-state index is 10.2. The highest BCUT2D eigenvalue weighted by atomic mass is 16.5. The molecule has 1 unspecified atom stereocenters. The predicted molar refractivity (Wildman–Crippen MR) is 74.5 cm³/mol. The third-order valence-corrected chi connectivity index (χ3v) is 2.73. The molecule has 0 saturated carbocycles. The van der Waals surface area contributed by atoms with Gasteiger partial charge in [0.15, 0.2) is 0 Å². The maximum Gasteiger partial charge on any atom is 0.125 e. The Labute approximate surface area is 113 Å². The van der Waals surface area contributed by atoms with Gasteiger partial charge in [0.25, 0.3) is 0 Å². The number of ether oxygens (including phenoxy) is 2. The first kappa shape index (κ1) is 13.4. The van der Waals surface area contributed by atoms with Gasteiger partial charge in [0, 0.05) is 5.56 Å². The zero-order valence-corrected chi connectivity index (χ0v) is 11.0. The van der Waals surface area contributed by atoms with Crippen LogP contribution < -0.4 is 9.47 Å². The minimum Gasteiger partial charge on any atom is -0.493 e. The second kappa shape index (κ2) is 6.81. The van der Waals surface area contributed by atoms with Crippen LogP contribution in [0, 0.1) is 0 Å². The maximum atomic E-state index is 10.2. The first-order valence-electron chi connectivity index (χ1n) is 6.39. The van der Waals surface area contributed by atoms with Crippen LogP contribution in [-0.2, 0) is 0 Å². The molecule has 2 rings (SSSR count). The van der Waals surface area contributed by atoms with E-state index >= 15 is 0 Å². The van der Waals surface area contributed by atoms with E-state index in [2.05, 4.69) is 0 Å². The first-order valence-corrected chi connectivity index (χ1v) is 6.39. The van der Waals surface area contributed by atoms with Crippen molar-refractivity contribution in [1.29, 1.82) is 0 Å². The highest BCUT2D eigenvalue weighted by molar-refractivity contribution is 5.35. The van der Waals surface area contributed by atoms with Gasteiger partial charge in [0.2, 0.25) is 0 Å². The van der Waals surface area contributed by atoms with E-state index in [1.54, 1.807) is 0 Å². The summed E-state index contributed by atoms with van der Waals surface area (Å²) in [5.74, 6) is 1.45. The molecular formula is C16H18O3. The molecule has 0 aliphatic heterocycles. The molecule has 0 aliphatic rings. The van der Waals surface area contributed by atoms with Gasteiger partial charge >= 0.3 is 0 Å². The number of aliphatic hydroxyl groups is 1. The zero-order chi connectivity index (χ0) is 13.5. The van der Waals surface area contributed by atoms with Crippen molar-refractivity contribution in [2.24, 2.45) is 0 Å². The Morgan fingerprint density at radius 3 is 2.37 bits per heavy atom. The molecule has 0 spiro atoms. The molecule has 0 saturated heterocycles. The molecule has 2 aromatic rings. The quantitative estimate of drug-likeness (QED) is 0.864. The van der Waals surface area contributed by atoms with Gasteiger partial charge in [0.05, 0.1) is 6.61 Å². The molecule has 2 aromatic carbocycles. The summed E-state index contributed by atoms with van der Waals surface area (Å²) < 4.78 is 11.0. The van der Waals surface area contributed by atoms with Crippen molar-refractivity contribution in [3.8, 4) is 11.5 Å². The van der Waals surface area contributed by atoms with Crippen molar-refractivity contribution in [2.45, 2.75) is 13.0 Å². The summed E-state index contributed by atoms with van der Waals surface area (Å²) in [5.41, 5.74) is 0.750. The van der Waals surface area contributed by atoms with Crippen molar-refractivity contribution in [1.82, 2.24) is 0 Å². The summed E-state index contributed by atoms with van der Waals surface area (Å²) in [4.78, 5) is 0. The lowest BCUT2D eigenvalue weighted by atomic mass is 10.1. The van der Waals surface area contributed by atoms with Crippen LogP contribution in [-0.4, -0.2) is 18.3 Å². The van der Waals surface area contributed by atoms with Gasteiger partial charge in [-0.05, 0) is 25.1 Å². The van der Waals surface area contributed by atoms with E-state index in [0.29, 0.717) is 12.4 Å². The molecule has 1 N–H and O–H groups in total. The normalized spacial score (nSPS) is 11.9. The van der Waals surface area contributed by atoms with Gasteiger partial charge in [-0.25, -0.2) is 0 Å². The Morgan fingerprint density at radius 2 is 1.63 bits per heavy atom. The molecule has 19 heavy (non-hydrogen) atoms. The first-order chi connectivity index (χ1) is 9.31. The number of aliphatic hydroxyl groups excluding tert-OH is 1. The highest BCUT2D eigenvalue weighted by Gasteiger charge is 2.13. The Hall–Kier alpha value is -2.00. The fourth-order valence-corrected chi connectivity index (χ4v) is 1.82. The molecule has 3 heteroatoms. The van der Waals surface area contributed by atoms with Gasteiger partial charge in [-0.15, -0.1) is 0 Å². The molecular weight excluding hydrogens is 240 g/mol. The average Bonchev–Trinajstić information content (AvgIpc) is 2.47. The number of para-hydroxylation sites is 2. The number of hydrogen-bond donors (Lipinski definition) is 1. The van der Waals surface area contributed by atoms with Crippen molar-refractivity contribution in [3.05, 3.63) is 60.2 Å². The molecule has 0 radical (unpaired) electrons. The van der Waals surface area contributed by atoms with Crippen LogP contribution in [0.1, 0.15) is 18.6 Å². The van der Waals surface area contributed by atoms with Crippen LogP contribution in [0.2, 0.25) is 0 Å². The molecule has 0 aromatic heterocycles. The number of rotatable bonds is 6. The highest BCUT2D eigenvalue weighted by Crippen LogP contribution is 2.25. The van der Waals surface area contributed by atoms with Crippen molar-refractivity contribution in [2.75, 3.05) is 13.2 Å². The predicted octanol–water partition coefficient (Wildman–Crippen LogP) is 3.20. The van der Waals surface area contributed by atoms with Crippen molar-refractivity contribution < 1.29 is 14.6 Å². The van der Waals surface area contributed by atoms with E-state index in [1.165, 1.54) is 0 Å². The van der Waals surface area contributed by atoms with Gasteiger partial charge in [0.1, 0.15) is 24.2 Å². The van der Waals surface area contributed by atoms with E-state index in [-0.39, 0.29) is 6.61 Å². The smallest absolute Gasteiger partial charge is 0.125 e. The summed E-state index contributed by atoms with van der Waals surface area (Å²) in [6.45, 7) is 2.70. The number of hydrogen-bond acceptors (Lipinski definition) is 3. The Kier molecular flexibility index (Phi) is 4.81. The van der Waals surface area contributed by atoms with Gasteiger partial charge in [-0.3, -0.25) is 0 Å². The Balaban J connectivity index is 2.01. The van der Waals surface area contributed by atoms with Crippen molar-refractivity contribution in [3.63, 3.8) is 0 Å². The lowest BCUT2D eigenvalue weighted by Gasteiger charge is -2.16. The van der Waals surface area contributed by atoms with Crippen LogP contribution in [0.5, 0.6) is 11.5 Å². The molecule has 0 fully saturated rings. The summed E-state index contributed by atoms with van der Waals surface area (Å²) in [6.07, 6.45) is -0.706. The largest absolute Gasteiger partial charge is 0.493 e. The third kappa shape index (κ3) is 3.73. The van der Waals surface area contributed by atoms with Crippen LogP contribution in [0.15, 0.2) is 54.6 Å². The van der Waals surface area contributed by atoms with Gasteiger partial charge in [-0.2, -0.15) is 0 Å². The standard InChI is InChI=1S/C16H18O3/c1-2-18-16-11-7-6-10-14(16)15(17)12-19-13-8-4-3-5-9-13/h3-11,15,17H,2,12H2,1H3. The fourth-order valence-electron chi connectivity index (χ4n) is 1.82. The summed E-state index contributed by atoms with van der Waals surface area (Å²) in [7, 11) is 0. The van der Waals surface area contributed by atoms with Crippen LogP contribution in [0.3, 0.4) is 0 Å². The molecule has 0 amide bonds. The van der Waals surface area contributed by atoms with E-state index < -0.39 is 6.10 Å². The molecule has 3 nitrogen and oxygen atoms in total. The monoisotopic (exact) mass is 258 g/mol. The number of benzene rings is 2. The molecule has 100 valence electrons. The van der Waals surface area contributed by atoms with E-state index in [4.69, 9.17) is 9.47 Å². The third-order valence-electron chi connectivity index (χ3n) is 2.73. The Bertz CT molecular complexity index is 496. The average molecular weight is 258 g/mol. The summed E-state index contributed by atoms with van der Waals surface area (Å²) >= 11 is 0. The van der Waals surface area contributed by atoms with E-state index in [9.17, 15) is 5.11 Å². The fraction of sp³-hybridized carbons (Fsp3) is 0.250. The zero-order valence-electron chi connectivity index (χ0n) is 11.0. The second-order valence-corrected chi connectivity index (χ2v) is 4.11. The summed E-state index contributed by atoms with van der Waals surface area (Å²) in [6, 6.07) is 16.9. The van der Waals surface area contributed by atoms with Crippen LogP contribution >= 0.6 is 0 Å². The van der Waals surface area contributed by atoms with E-state index in [0.717, 1.165) is 11.3 Å². The topological polar surface area (TPSA) is 38.7 Å². The lowest BCUT2D eigenvalue weighted by molar-refractivity contribution is 0.105. The minimum atomic E-state index is -0.706. The summed E-state index contributed by atoms with van der Waals surface area (Å²) in [5, 5.41) is 10.2. The van der Waals surface area contributed by atoms with E-state index in [1.807, 2.05) is 61.5 Å². The van der Waals surface area contributed by atoms with Crippen molar-refractivity contribution >= 4 is 0 Å². The van der Waals surface area contributed by atoms with Crippen LogP contribution in [0.25, 0.3) is 0 Å². The lowest BCUT2D eigenvalue weighted by Crippen LogP contribution is -2.11. The second-order valence-electron chi connectivity index (χ2n) is 4.11. The molecule has 0 aliphatic carbocycles. The molecule has 0 heterocycles. The SMILES string of the molecule is CCOc1ccccc1C(O)COc1ccccc1. The molecule has 1 atom stereocenters. The minimum absolute atomic E-state index is 0.202. The molecule has 0 bridgehead atoms. The van der Waals surface area contributed by atoms with Crippen LogP contribution in [0.4, 0.5) is 0 Å². The Morgan fingerprint density at radius 1 is 0.947 bits per heavy atom. The van der Waals surface area contributed by atoms with Gasteiger partial charge in [-0.1, -0.05) is 36.4 Å². The van der Waals surface area contributed by atoms with Gasteiger partial charge < -0.3 is 14.6 Å².